The van der Waals surface area contributed by atoms with Crippen molar-refractivity contribution in [1.29, 1.82) is 0 Å². The van der Waals surface area contributed by atoms with Crippen molar-refractivity contribution < 1.29 is 41.0 Å². The number of carbonyl (C=O) groups is 2. The number of benzene rings is 3. The average molecular weight is 598 g/mol. The van der Waals surface area contributed by atoms with E-state index in [1.807, 2.05) is 30.3 Å². The Balaban J connectivity index is 1.49. The molecule has 0 bridgehead atoms. The SMILES string of the molecule is O=C(O)[C@H](Cc1ccc(OCc2ccccc2)cc1)N[C@H]1C(=O)NS(=O)(=O)N1Cc1cc(C(F)(F)F)ccc1Cl. The summed E-state index contributed by atoms with van der Waals surface area (Å²) in [6, 6.07) is 16.9. The largest absolute Gasteiger partial charge is 0.489 e. The molecular formula is C26H23ClF3N3O6S. The van der Waals surface area contributed by atoms with E-state index in [-0.39, 0.29) is 17.0 Å². The second kappa shape index (κ2) is 11.8. The maximum atomic E-state index is 13.2. The fourth-order valence-corrected chi connectivity index (χ4v) is 5.40. The van der Waals surface area contributed by atoms with E-state index in [9.17, 15) is 36.3 Å². The molecule has 1 fully saturated rings. The van der Waals surface area contributed by atoms with Crippen molar-refractivity contribution in [2.24, 2.45) is 0 Å². The molecule has 1 aliphatic heterocycles. The minimum atomic E-state index is -4.72. The van der Waals surface area contributed by atoms with Crippen LogP contribution in [0.3, 0.4) is 0 Å². The quantitative estimate of drug-likeness (QED) is 0.325. The molecule has 1 amide bonds. The number of ether oxygens (including phenoxy) is 1. The molecule has 0 aliphatic carbocycles. The van der Waals surface area contributed by atoms with Gasteiger partial charge in [0.15, 0.2) is 6.17 Å². The summed E-state index contributed by atoms with van der Waals surface area (Å²) in [6.07, 6.45) is -6.58. The molecule has 0 saturated carbocycles. The van der Waals surface area contributed by atoms with Crippen LogP contribution in [0.5, 0.6) is 5.75 Å². The average Bonchev–Trinajstić information content (AvgIpc) is 3.11. The highest BCUT2D eigenvalue weighted by Gasteiger charge is 2.46. The highest BCUT2D eigenvalue weighted by molar-refractivity contribution is 7.88. The summed E-state index contributed by atoms with van der Waals surface area (Å²) in [5.74, 6) is -1.92. The minimum absolute atomic E-state index is 0.143. The summed E-state index contributed by atoms with van der Waals surface area (Å²) in [5.41, 5.74) is 0.219. The van der Waals surface area contributed by atoms with Crippen LogP contribution in [0.4, 0.5) is 13.2 Å². The smallest absolute Gasteiger partial charge is 0.416 e. The van der Waals surface area contributed by atoms with Gasteiger partial charge in [-0.15, -0.1) is 0 Å². The van der Waals surface area contributed by atoms with E-state index >= 15 is 0 Å². The summed E-state index contributed by atoms with van der Waals surface area (Å²) < 4.78 is 72.8. The van der Waals surface area contributed by atoms with Gasteiger partial charge < -0.3 is 9.84 Å². The number of rotatable bonds is 10. The molecule has 4 rings (SSSR count). The lowest BCUT2D eigenvalue weighted by Crippen LogP contribution is -2.53. The molecule has 14 heteroatoms. The Hall–Kier alpha value is -3.65. The van der Waals surface area contributed by atoms with Crippen LogP contribution < -0.4 is 14.8 Å². The molecule has 3 N–H and O–H groups in total. The Morgan fingerprint density at radius 2 is 1.75 bits per heavy atom. The molecule has 0 radical (unpaired) electrons. The van der Waals surface area contributed by atoms with Crippen molar-refractivity contribution in [3.8, 4) is 5.75 Å². The lowest BCUT2D eigenvalue weighted by atomic mass is 10.1. The summed E-state index contributed by atoms with van der Waals surface area (Å²) in [4.78, 5) is 24.6. The van der Waals surface area contributed by atoms with Gasteiger partial charge >= 0.3 is 22.4 Å². The van der Waals surface area contributed by atoms with E-state index in [2.05, 4.69) is 5.32 Å². The highest BCUT2D eigenvalue weighted by Crippen LogP contribution is 2.33. The molecule has 0 spiro atoms. The third-order valence-corrected chi connectivity index (χ3v) is 7.83. The van der Waals surface area contributed by atoms with Gasteiger partial charge in [-0.2, -0.15) is 25.9 Å². The molecule has 212 valence electrons. The van der Waals surface area contributed by atoms with Crippen LogP contribution in [0, 0.1) is 0 Å². The standard InChI is InChI=1S/C26H23ClF3N3O6S/c27-21-11-8-19(26(28,29)30)13-18(21)14-33-23(24(34)32-40(33,37)38)31-22(25(35)36)12-16-6-9-20(10-7-16)39-15-17-4-2-1-3-5-17/h1-11,13,22-23,31H,12,14-15H2,(H,32,34)(H,35,36)/t22-,23+/m0/s1. The van der Waals surface area contributed by atoms with Crippen LogP contribution in [-0.2, 0) is 45.5 Å². The second-order valence-electron chi connectivity index (χ2n) is 8.90. The summed E-state index contributed by atoms with van der Waals surface area (Å²) >= 11 is 6.02. The zero-order chi connectivity index (χ0) is 29.1. The minimum Gasteiger partial charge on any atom is -0.489 e. The number of amides is 1. The molecule has 3 aromatic carbocycles. The molecule has 1 saturated heterocycles. The topological polar surface area (TPSA) is 125 Å². The molecule has 2 atom stereocenters. The predicted molar refractivity (Wildman–Crippen MR) is 138 cm³/mol. The number of hydrogen-bond acceptors (Lipinski definition) is 6. The number of nitrogens with zero attached hydrogens (tertiary/aromatic N) is 1. The Morgan fingerprint density at radius 1 is 1.07 bits per heavy atom. The maximum Gasteiger partial charge on any atom is 0.416 e. The number of aliphatic carboxylic acids is 1. The summed E-state index contributed by atoms with van der Waals surface area (Å²) in [7, 11) is -4.51. The van der Waals surface area contributed by atoms with Gasteiger partial charge in [0, 0.05) is 11.6 Å². The van der Waals surface area contributed by atoms with E-state index in [0.717, 1.165) is 17.7 Å². The molecule has 1 aliphatic rings. The molecule has 1 heterocycles. The monoisotopic (exact) mass is 597 g/mol. The normalized spacial score (nSPS) is 17.8. The summed E-state index contributed by atoms with van der Waals surface area (Å²) in [6.45, 7) is -0.391. The van der Waals surface area contributed by atoms with Gasteiger partial charge in [-0.1, -0.05) is 54.1 Å². The van der Waals surface area contributed by atoms with Crippen LogP contribution in [0.2, 0.25) is 5.02 Å². The Morgan fingerprint density at radius 3 is 2.38 bits per heavy atom. The van der Waals surface area contributed by atoms with Crippen LogP contribution >= 0.6 is 11.6 Å². The van der Waals surface area contributed by atoms with Crippen molar-refractivity contribution >= 4 is 33.7 Å². The molecule has 9 nitrogen and oxygen atoms in total. The van der Waals surface area contributed by atoms with Crippen molar-refractivity contribution in [1.82, 2.24) is 14.3 Å². The number of nitrogens with one attached hydrogen (secondary N) is 2. The number of halogens is 4. The molecule has 40 heavy (non-hydrogen) atoms. The molecule has 3 aromatic rings. The molecular weight excluding hydrogens is 575 g/mol. The number of alkyl halides is 3. The number of carboxylic acid groups (broad SMARTS) is 1. The van der Waals surface area contributed by atoms with E-state index in [1.54, 1.807) is 29.0 Å². The first kappa shape index (κ1) is 29.3. The first-order chi connectivity index (χ1) is 18.8. The second-order valence-corrected chi connectivity index (χ2v) is 10.9. The highest BCUT2D eigenvalue weighted by atomic mass is 35.5. The van der Waals surface area contributed by atoms with E-state index in [0.29, 0.717) is 28.3 Å². The van der Waals surface area contributed by atoms with Crippen molar-refractivity contribution in [2.75, 3.05) is 0 Å². The molecule has 0 unspecified atom stereocenters. The van der Waals surface area contributed by atoms with Crippen molar-refractivity contribution in [3.63, 3.8) is 0 Å². The first-order valence-corrected chi connectivity index (χ1v) is 13.6. The molecule has 0 aromatic heterocycles. The van der Waals surface area contributed by atoms with E-state index < -0.39 is 52.6 Å². The third-order valence-electron chi connectivity index (χ3n) is 6.04. The lowest BCUT2D eigenvalue weighted by molar-refractivity contribution is -0.140. The predicted octanol–water partition coefficient (Wildman–Crippen LogP) is 3.73. The van der Waals surface area contributed by atoms with Gasteiger partial charge in [0.2, 0.25) is 0 Å². The summed E-state index contributed by atoms with van der Waals surface area (Å²) in [5, 5.41) is 12.1. The third kappa shape index (κ3) is 7.10. The Labute approximate surface area is 232 Å². The van der Waals surface area contributed by atoms with Gasteiger partial charge in [-0.3, -0.25) is 14.9 Å². The first-order valence-electron chi connectivity index (χ1n) is 11.8. The van der Waals surface area contributed by atoms with Gasteiger partial charge in [0.05, 0.1) is 5.56 Å². The van der Waals surface area contributed by atoms with Crippen LogP contribution in [0.25, 0.3) is 0 Å². The van der Waals surface area contributed by atoms with Gasteiger partial charge in [-0.05, 0) is 53.4 Å². The fraction of sp³-hybridized carbons (Fsp3) is 0.231. The van der Waals surface area contributed by atoms with Crippen molar-refractivity contribution in [2.45, 2.75) is 38.0 Å². The van der Waals surface area contributed by atoms with Gasteiger partial charge in [-0.25, -0.2) is 4.72 Å². The Bertz CT molecular complexity index is 1490. The number of carbonyl (C=O) groups excluding carboxylic acids is 1. The Kier molecular flexibility index (Phi) is 8.68. The van der Waals surface area contributed by atoms with E-state index in [4.69, 9.17) is 16.3 Å². The van der Waals surface area contributed by atoms with Crippen molar-refractivity contribution in [3.05, 3.63) is 100 Å². The van der Waals surface area contributed by atoms with E-state index in [1.165, 1.54) is 0 Å². The fourth-order valence-electron chi connectivity index (χ4n) is 3.99. The van der Waals surface area contributed by atoms with Gasteiger partial charge in [0.1, 0.15) is 18.4 Å². The maximum absolute atomic E-state index is 13.2. The number of carboxylic acids is 1. The van der Waals surface area contributed by atoms with Gasteiger partial charge in [0.25, 0.3) is 5.91 Å². The zero-order valence-corrected chi connectivity index (χ0v) is 22.1. The number of hydrogen-bond donors (Lipinski definition) is 3. The zero-order valence-electron chi connectivity index (χ0n) is 20.6. The lowest BCUT2D eigenvalue weighted by Gasteiger charge is -2.25. The van der Waals surface area contributed by atoms with Crippen LogP contribution in [-0.4, -0.2) is 41.9 Å². The van der Waals surface area contributed by atoms with Crippen LogP contribution in [0.1, 0.15) is 22.3 Å². The van der Waals surface area contributed by atoms with Crippen LogP contribution in [0.15, 0.2) is 72.8 Å².